The first-order valence-corrected chi connectivity index (χ1v) is 6.57. The molecule has 3 rings (SSSR count). The van der Waals surface area contributed by atoms with E-state index in [4.69, 9.17) is 0 Å². The summed E-state index contributed by atoms with van der Waals surface area (Å²) in [5.41, 5.74) is 2.75. The number of nitrogens with one attached hydrogen (secondary N) is 1. The summed E-state index contributed by atoms with van der Waals surface area (Å²) in [6.45, 7) is 2.31. The van der Waals surface area contributed by atoms with E-state index in [-0.39, 0.29) is 0 Å². The van der Waals surface area contributed by atoms with Crippen LogP contribution in [-0.2, 0) is 0 Å². The van der Waals surface area contributed by atoms with Crippen LogP contribution in [0.5, 0.6) is 0 Å². The van der Waals surface area contributed by atoms with Crippen molar-refractivity contribution in [2.45, 2.75) is 5.92 Å². The van der Waals surface area contributed by atoms with Crippen molar-refractivity contribution in [2.75, 3.05) is 13.1 Å². The summed E-state index contributed by atoms with van der Waals surface area (Å²) in [6, 6.07) is 4.54. The highest BCUT2D eigenvalue weighted by molar-refractivity contribution is 7.10. The number of rotatable bonds is 2. The highest BCUT2D eigenvalue weighted by Crippen LogP contribution is 2.32. The first kappa shape index (κ1) is 8.65. The molecule has 3 heterocycles. The van der Waals surface area contributed by atoms with E-state index in [0.29, 0.717) is 0 Å². The molecule has 72 valence electrons. The van der Waals surface area contributed by atoms with Gasteiger partial charge in [0.15, 0.2) is 0 Å². The molecule has 0 bridgehead atoms. The molecule has 0 radical (unpaired) electrons. The lowest BCUT2D eigenvalue weighted by Crippen LogP contribution is -2.39. The maximum absolute atomic E-state index is 3.31. The van der Waals surface area contributed by atoms with Crippen LogP contribution in [0.4, 0.5) is 0 Å². The molecule has 0 aromatic carbocycles. The van der Waals surface area contributed by atoms with Crippen molar-refractivity contribution in [2.24, 2.45) is 0 Å². The van der Waals surface area contributed by atoms with Crippen LogP contribution in [0.25, 0.3) is 11.1 Å². The normalized spacial score (nSPS) is 16.9. The lowest BCUT2D eigenvalue weighted by atomic mass is 10.0. The van der Waals surface area contributed by atoms with Gasteiger partial charge in [0.1, 0.15) is 0 Å². The fraction of sp³-hybridized carbons (Fsp3) is 0.273. The standard InChI is InChI=1S/C11H11NS2/c1-2-13-6-8(1)9-3-11(14-7-9)10-4-12-5-10/h1-3,6-7,10,12H,4-5H2. The van der Waals surface area contributed by atoms with Crippen LogP contribution in [-0.4, -0.2) is 13.1 Å². The lowest BCUT2D eigenvalue weighted by Gasteiger charge is -2.25. The first-order chi connectivity index (χ1) is 6.93. The molecule has 0 aliphatic carbocycles. The van der Waals surface area contributed by atoms with Gasteiger partial charge in [0.25, 0.3) is 0 Å². The van der Waals surface area contributed by atoms with E-state index in [9.17, 15) is 0 Å². The summed E-state index contributed by atoms with van der Waals surface area (Å²) >= 11 is 3.66. The van der Waals surface area contributed by atoms with Crippen LogP contribution < -0.4 is 5.32 Å². The summed E-state index contributed by atoms with van der Waals surface area (Å²) in [7, 11) is 0. The van der Waals surface area contributed by atoms with Crippen molar-refractivity contribution >= 4 is 22.7 Å². The summed E-state index contributed by atoms with van der Waals surface area (Å²) in [6.07, 6.45) is 0. The molecular weight excluding hydrogens is 210 g/mol. The van der Waals surface area contributed by atoms with Gasteiger partial charge in [0.2, 0.25) is 0 Å². The second kappa shape index (κ2) is 3.50. The molecule has 1 nitrogen and oxygen atoms in total. The predicted molar refractivity (Wildman–Crippen MR) is 63.2 cm³/mol. The Morgan fingerprint density at radius 3 is 2.79 bits per heavy atom. The van der Waals surface area contributed by atoms with Crippen molar-refractivity contribution in [3.63, 3.8) is 0 Å². The molecule has 0 atom stereocenters. The van der Waals surface area contributed by atoms with Crippen LogP contribution in [0, 0.1) is 0 Å². The Hall–Kier alpha value is -0.640. The van der Waals surface area contributed by atoms with Gasteiger partial charge in [0, 0.05) is 23.9 Å². The number of thiophene rings is 2. The van der Waals surface area contributed by atoms with E-state index in [0.717, 1.165) is 19.0 Å². The fourth-order valence-electron chi connectivity index (χ4n) is 1.64. The topological polar surface area (TPSA) is 12.0 Å². The van der Waals surface area contributed by atoms with Crippen LogP contribution in [0.1, 0.15) is 10.8 Å². The highest BCUT2D eigenvalue weighted by atomic mass is 32.1. The van der Waals surface area contributed by atoms with Gasteiger partial charge < -0.3 is 5.32 Å². The van der Waals surface area contributed by atoms with E-state index in [1.54, 1.807) is 11.3 Å². The van der Waals surface area contributed by atoms with Gasteiger partial charge in [-0.15, -0.1) is 11.3 Å². The third-order valence-electron chi connectivity index (χ3n) is 2.66. The van der Waals surface area contributed by atoms with Crippen molar-refractivity contribution in [1.29, 1.82) is 0 Å². The highest BCUT2D eigenvalue weighted by Gasteiger charge is 2.20. The van der Waals surface area contributed by atoms with Gasteiger partial charge in [-0.25, -0.2) is 0 Å². The van der Waals surface area contributed by atoms with Gasteiger partial charge in [-0.1, -0.05) is 0 Å². The smallest absolute Gasteiger partial charge is 0.0183 e. The third-order valence-corrected chi connectivity index (χ3v) is 4.44. The van der Waals surface area contributed by atoms with Gasteiger partial charge in [-0.2, -0.15) is 11.3 Å². The SMILES string of the molecule is c1cc(-c2csc(C3CNC3)c2)cs1. The van der Waals surface area contributed by atoms with Gasteiger partial charge in [0.05, 0.1) is 0 Å². The van der Waals surface area contributed by atoms with E-state index >= 15 is 0 Å². The first-order valence-electron chi connectivity index (χ1n) is 4.75. The molecule has 0 saturated carbocycles. The Morgan fingerprint density at radius 2 is 2.14 bits per heavy atom. The van der Waals surface area contributed by atoms with Crippen molar-refractivity contribution in [1.82, 2.24) is 5.32 Å². The van der Waals surface area contributed by atoms with E-state index < -0.39 is 0 Å². The average Bonchev–Trinajstić information content (AvgIpc) is 2.65. The average molecular weight is 221 g/mol. The summed E-state index contributed by atoms with van der Waals surface area (Å²) < 4.78 is 0. The zero-order valence-electron chi connectivity index (χ0n) is 7.69. The molecule has 1 aliphatic heterocycles. The summed E-state index contributed by atoms with van der Waals surface area (Å²) in [4.78, 5) is 1.53. The number of hydrogen-bond donors (Lipinski definition) is 1. The lowest BCUT2D eigenvalue weighted by molar-refractivity contribution is 0.454. The molecule has 14 heavy (non-hydrogen) atoms. The third kappa shape index (κ3) is 1.41. The Kier molecular flexibility index (Phi) is 2.16. The van der Waals surface area contributed by atoms with Crippen molar-refractivity contribution in [3.8, 4) is 11.1 Å². The van der Waals surface area contributed by atoms with E-state index in [1.807, 2.05) is 11.3 Å². The molecule has 0 unspecified atom stereocenters. The van der Waals surface area contributed by atoms with Crippen LogP contribution in [0.3, 0.4) is 0 Å². The van der Waals surface area contributed by atoms with Crippen molar-refractivity contribution < 1.29 is 0 Å². The summed E-state index contributed by atoms with van der Waals surface area (Å²) in [5.74, 6) is 0.771. The number of hydrogen-bond acceptors (Lipinski definition) is 3. The minimum atomic E-state index is 0.771. The Morgan fingerprint density at radius 1 is 1.21 bits per heavy atom. The largest absolute Gasteiger partial charge is 0.315 e. The molecule has 1 N–H and O–H groups in total. The van der Waals surface area contributed by atoms with Gasteiger partial charge in [-0.05, 0) is 39.4 Å². The molecule has 0 amide bonds. The molecule has 1 fully saturated rings. The molecule has 2 aromatic heterocycles. The van der Waals surface area contributed by atoms with Crippen LogP contribution in [0.2, 0.25) is 0 Å². The maximum atomic E-state index is 3.31. The minimum Gasteiger partial charge on any atom is -0.315 e. The molecular formula is C11H11NS2. The molecule has 1 saturated heterocycles. The second-order valence-electron chi connectivity index (χ2n) is 3.60. The van der Waals surface area contributed by atoms with E-state index in [1.165, 1.54) is 16.0 Å². The Balaban J connectivity index is 1.90. The van der Waals surface area contributed by atoms with Gasteiger partial charge in [-0.3, -0.25) is 0 Å². The van der Waals surface area contributed by atoms with Crippen LogP contribution in [0.15, 0.2) is 28.3 Å². The van der Waals surface area contributed by atoms with Gasteiger partial charge >= 0.3 is 0 Å². The zero-order chi connectivity index (χ0) is 9.38. The molecule has 2 aromatic rings. The Labute approximate surface area is 91.4 Å². The van der Waals surface area contributed by atoms with Crippen LogP contribution >= 0.6 is 22.7 Å². The fourth-order valence-corrected chi connectivity index (χ4v) is 3.32. The second-order valence-corrected chi connectivity index (χ2v) is 5.33. The molecule has 1 aliphatic rings. The molecule has 3 heteroatoms. The van der Waals surface area contributed by atoms with E-state index in [2.05, 4.69) is 33.6 Å². The zero-order valence-corrected chi connectivity index (χ0v) is 9.33. The predicted octanol–water partition coefficient (Wildman–Crippen LogP) is 3.16. The van der Waals surface area contributed by atoms with Crippen molar-refractivity contribution in [3.05, 3.63) is 33.2 Å². The Bertz CT molecular complexity index is 412. The monoisotopic (exact) mass is 221 g/mol. The quantitative estimate of drug-likeness (QED) is 0.821. The summed E-state index contributed by atoms with van der Waals surface area (Å²) in [5, 5.41) is 9.94. The maximum Gasteiger partial charge on any atom is 0.0183 e. The molecule has 0 spiro atoms. The minimum absolute atomic E-state index is 0.771.